The molecule has 1 aliphatic carbocycles. The molecule has 104 valence electrons. The van der Waals surface area contributed by atoms with Gasteiger partial charge in [-0.05, 0) is 12.1 Å². The van der Waals surface area contributed by atoms with Crippen LogP contribution < -0.4 is 0 Å². The van der Waals surface area contributed by atoms with Gasteiger partial charge in [0.2, 0.25) is 0 Å². The largest absolute Gasteiger partial charge is 0.469 e. The fourth-order valence-corrected chi connectivity index (χ4v) is 2.87. The van der Waals surface area contributed by atoms with Crippen LogP contribution in [0.4, 0.5) is 0 Å². The van der Waals surface area contributed by atoms with Gasteiger partial charge in [-0.1, -0.05) is 0 Å². The Morgan fingerprint density at radius 2 is 1.71 bits per heavy atom. The fraction of sp³-hybridized carbons (Fsp3) is 0.429. The highest BCUT2D eigenvalue weighted by Crippen LogP contribution is 2.58. The lowest BCUT2D eigenvalue weighted by atomic mass is 9.51. The van der Waals surface area contributed by atoms with Crippen molar-refractivity contribution in [3.05, 3.63) is 24.2 Å². The van der Waals surface area contributed by atoms with E-state index in [0.29, 0.717) is 0 Å². The molecule has 7 heteroatoms. The summed E-state index contributed by atoms with van der Waals surface area (Å²) in [5.41, 5.74) is -4.22. The molecule has 0 bridgehead atoms. The Labute approximate surface area is 120 Å². The molecule has 0 aliphatic heterocycles. The summed E-state index contributed by atoms with van der Waals surface area (Å²) in [6, 6.07) is 9.76. The second-order valence-corrected chi connectivity index (χ2v) is 5.09. The van der Waals surface area contributed by atoms with Crippen LogP contribution in [0.5, 0.6) is 0 Å². The van der Waals surface area contributed by atoms with Crippen molar-refractivity contribution in [2.75, 3.05) is 0 Å². The second kappa shape index (κ2) is 4.62. The summed E-state index contributed by atoms with van der Waals surface area (Å²) < 4.78 is 5.16. The summed E-state index contributed by atoms with van der Waals surface area (Å²) >= 11 is 0. The minimum atomic E-state index is -2.35. The molecule has 0 saturated heterocycles. The normalized spacial score (nSPS) is 24.8. The van der Waals surface area contributed by atoms with Gasteiger partial charge in [0.25, 0.3) is 0 Å². The van der Waals surface area contributed by atoms with Gasteiger partial charge < -0.3 is 14.6 Å². The van der Waals surface area contributed by atoms with Gasteiger partial charge in [-0.15, -0.1) is 0 Å². The van der Waals surface area contributed by atoms with Crippen molar-refractivity contribution < 1.29 is 14.6 Å². The highest BCUT2D eigenvalue weighted by Gasteiger charge is 2.67. The van der Waals surface area contributed by atoms with Crippen molar-refractivity contribution >= 4 is 0 Å². The van der Waals surface area contributed by atoms with Gasteiger partial charge >= 0.3 is 0 Å². The summed E-state index contributed by atoms with van der Waals surface area (Å²) in [7, 11) is 0. The predicted molar refractivity (Wildman–Crippen MR) is 65.2 cm³/mol. The molecule has 21 heavy (non-hydrogen) atoms. The Morgan fingerprint density at radius 1 is 1.10 bits per heavy atom. The van der Waals surface area contributed by atoms with E-state index < -0.39 is 29.0 Å². The van der Waals surface area contributed by atoms with Crippen molar-refractivity contribution in [1.29, 1.82) is 21.0 Å². The Morgan fingerprint density at radius 3 is 2.14 bits per heavy atom. The molecule has 1 aromatic heterocycles. The van der Waals surface area contributed by atoms with E-state index in [1.54, 1.807) is 24.3 Å². The molecule has 0 spiro atoms. The van der Waals surface area contributed by atoms with E-state index in [1.165, 1.54) is 18.4 Å². The van der Waals surface area contributed by atoms with Crippen LogP contribution in [-0.4, -0.2) is 16.0 Å². The van der Waals surface area contributed by atoms with Crippen LogP contribution in [0.1, 0.15) is 24.5 Å². The maximum atomic E-state index is 9.96. The standard InChI is InChI=1S/C14H10N4O3/c15-6-12(7-16)5-14(19,20)4-10(11-2-1-3-21-11)13(12,8-17)9-18/h1-3,10,19-20H,4-5H2. The minimum Gasteiger partial charge on any atom is -0.469 e. The monoisotopic (exact) mass is 282 g/mol. The third-order valence-electron chi connectivity index (χ3n) is 3.90. The number of hydrogen-bond donors (Lipinski definition) is 2. The zero-order valence-electron chi connectivity index (χ0n) is 10.8. The quantitative estimate of drug-likeness (QED) is 0.726. The van der Waals surface area contributed by atoms with E-state index in [4.69, 9.17) is 4.42 Å². The lowest BCUT2D eigenvalue weighted by Gasteiger charge is -2.45. The van der Waals surface area contributed by atoms with Gasteiger partial charge in [-0.3, -0.25) is 0 Å². The van der Waals surface area contributed by atoms with Gasteiger partial charge in [0.15, 0.2) is 16.6 Å². The molecule has 0 radical (unpaired) electrons. The van der Waals surface area contributed by atoms with Crippen molar-refractivity contribution in [2.24, 2.45) is 10.8 Å². The summed E-state index contributed by atoms with van der Waals surface area (Å²) in [6.45, 7) is 0. The lowest BCUT2D eigenvalue weighted by Crippen LogP contribution is -2.54. The Bertz CT molecular complexity index is 681. The molecule has 7 nitrogen and oxygen atoms in total. The van der Waals surface area contributed by atoms with Gasteiger partial charge in [-0.2, -0.15) is 21.0 Å². The Kier molecular flexibility index (Phi) is 3.20. The first-order valence-electron chi connectivity index (χ1n) is 6.03. The van der Waals surface area contributed by atoms with Gasteiger partial charge in [0.05, 0.1) is 36.5 Å². The zero-order valence-corrected chi connectivity index (χ0v) is 10.8. The molecular formula is C14H10N4O3. The number of nitriles is 4. The van der Waals surface area contributed by atoms with E-state index in [1.807, 2.05) is 0 Å². The summed E-state index contributed by atoms with van der Waals surface area (Å²) in [5, 5.41) is 57.6. The average Bonchev–Trinajstić information content (AvgIpc) is 2.99. The van der Waals surface area contributed by atoms with E-state index in [9.17, 15) is 31.3 Å². The summed E-state index contributed by atoms with van der Waals surface area (Å²) in [5.74, 6) is -3.30. The Balaban J connectivity index is 2.75. The number of hydrogen-bond acceptors (Lipinski definition) is 7. The van der Waals surface area contributed by atoms with Crippen LogP contribution >= 0.6 is 0 Å². The van der Waals surface area contributed by atoms with E-state index in [0.717, 1.165) is 0 Å². The van der Waals surface area contributed by atoms with Crippen molar-refractivity contribution in [1.82, 2.24) is 0 Å². The molecule has 1 saturated carbocycles. The zero-order chi connectivity index (χ0) is 15.7. The second-order valence-electron chi connectivity index (χ2n) is 5.09. The first-order valence-corrected chi connectivity index (χ1v) is 6.03. The molecular weight excluding hydrogens is 272 g/mol. The fourth-order valence-electron chi connectivity index (χ4n) is 2.87. The van der Waals surface area contributed by atoms with Crippen molar-refractivity contribution in [2.45, 2.75) is 24.5 Å². The molecule has 2 N–H and O–H groups in total. The molecule has 2 rings (SSSR count). The molecule has 1 atom stereocenters. The number of furan rings is 1. The van der Waals surface area contributed by atoms with Crippen LogP contribution in [-0.2, 0) is 0 Å². The lowest BCUT2D eigenvalue weighted by molar-refractivity contribution is -0.211. The van der Waals surface area contributed by atoms with Crippen LogP contribution in [0.3, 0.4) is 0 Å². The van der Waals surface area contributed by atoms with Crippen molar-refractivity contribution in [3.63, 3.8) is 0 Å². The number of nitrogens with zero attached hydrogens (tertiary/aromatic N) is 4. The van der Waals surface area contributed by atoms with Gasteiger partial charge in [-0.25, -0.2) is 0 Å². The third kappa shape index (κ3) is 1.85. The summed E-state index contributed by atoms with van der Waals surface area (Å²) in [6.07, 6.45) is 0.221. The molecule has 1 fully saturated rings. The van der Waals surface area contributed by atoms with Gasteiger partial charge in [0, 0.05) is 12.8 Å². The maximum Gasteiger partial charge on any atom is 0.185 e. The van der Waals surface area contributed by atoms with Gasteiger partial charge in [0.1, 0.15) is 5.76 Å². The molecule has 0 aromatic carbocycles. The summed E-state index contributed by atoms with van der Waals surface area (Å²) in [4.78, 5) is 0. The topological polar surface area (TPSA) is 149 Å². The van der Waals surface area contributed by atoms with E-state index >= 15 is 0 Å². The molecule has 0 amide bonds. The first-order chi connectivity index (χ1) is 9.90. The molecule has 1 aromatic rings. The van der Waals surface area contributed by atoms with E-state index in [-0.39, 0.29) is 12.2 Å². The minimum absolute atomic E-state index is 0.153. The maximum absolute atomic E-state index is 9.96. The third-order valence-corrected chi connectivity index (χ3v) is 3.90. The van der Waals surface area contributed by atoms with Crippen LogP contribution in [0.15, 0.2) is 22.8 Å². The smallest absolute Gasteiger partial charge is 0.185 e. The first kappa shape index (κ1) is 14.6. The molecule has 1 unspecified atom stereocenters. The van der Waals surface area contributed by atoms with Crippen LogP contribution in [0.25, 0.3) is 0 Å². The number of aliphatic hydroxyl groups is 2. The predicted octanol–water partition coefficient (Wildman–Crippen LogP) is 0.905. The van der Waals surface area contributed by atoms with E-state index in [2.05, 4.69) is 0 Å². The highest BCUT2D eigenvalue weighted by molar-refractivity contribution is 5.42. The number of rotatable bonds is 1. The Hall–Kier alpha value is -2.84. The average molecular weight is 282 g/mol. The van der Waals surface area contributed by atoms with Crippen molar-refractivity contribution in [3.8, 4) is 24.3 Å². The highest BCUT2D eigenvalue weighted by atomic mass is 16.5. The molecule has 1 aliphatic rings. The molecule has 1 heterocycles. The van der Waals surface area contributed by atoms with Crippen LogP contribution in [0, 0.1) is 56.2 Å². The SMILES string of the molecule is N#CC1(C#N)CC(O)(O)CC(c2ccco2)C1(C#N)C#N. The van der Waals surface area contributed by atoms with Crippen LogP contribution in [0.2, 0.25) is 0 Å².